The van der Waals surface area contributed by atoms with Gasteiger partial charge in [0.1, 0.15) is 6.54 Å². The summed E-state index contributed by atoms with van der Waals surface area (Å²) in [5, 5.41) is 10.4. The SMILES string of the molecule is COc1cccc(C(=O)N2CC(=O)N(CCc3ccccc3)CC(O)C2)c1OC. The summed E-state index contributed by atoms with van der Waals surface area (Å²) in [7, 11) is 2.96. The number of carbonyl (C=O) groups is 2. The van der Waals surface area contributed by atoms with Crippen LogP contribution in [0.25, 0.3) is 0 Å². The molecule has 2 aromatic carbocycles. The summed E-state index contributed by atoms with van der Waals surface area (Å²) in [5.41, 5.74) is 1.41. The van der Waals surface area contributed by atoms with Gasteiger partial charge in [-0.2, -0.15) is 0 Å². The Labute approximate surface area is 170 Å². The Bertz CT molecular complexity index is 856. The Morgan fingerprint density at radius 3 is 2.52 bits per heavy atom. The average molecular weight is 398 g/mol. The van der Waals surface area contributed by atoms with Crippen LogP contribution in [0, 0.1) is 0 Å². The number of hydrogen-bond acceptors (Lipinski definition) is 5. The minimum atomic E-state index is -0.822. The molecule has 0 aliphatic carbocycles. The van der Waals surface area contributed by atoms with Gasteiger partial charge in [0.05, 0.1) is 25.9 Å². The third kappa shape index (κ3) is 4.86. The fourth-order valence-electron chi connectivity index (χ4n) is 3.50. The molecule has 2 aromatic rings. The van der Waals surface area contributed by atoms with Crippen molar-refractivity contribution in [1.29, 1.82) is 0 Å². The van der Waals surface area contributed by atoms with Crippen molar-refractivity contribution < 1.29 is 24.2 Å². The highest BCUT2D eigenvalue weighted by molar-refractivity contribution is 5.99. The summed E-state index contributed by atoms with van der Waals surface area (Å²) >= 11 is 0. The van der Waals surface area contributed by atoms with Gasteiger partial charge >= 0.3 is 0 Å². The van der Waals surface area contributed by atoms with E-state index >= 15 is 0 Å². The number of rotatable bonds is 6. The van der Waals surface area contributed by atoms with Crippen LogP contribution in [0.1, 0.15) is 15.9 Å². The Kier molecular flexibility index (Phi) is 6.72. The molecule has 1 atom stereocenters. The van der Waals surface area contributed by atoms with E-state index in [4.69, 9.17) is 9.47 Å². The quantitative estimate of drug-likeness (QED) is 0.800. The van der Waals surface area contributed by atoms with Crippen LogP contribution in [0.5, 0.6) is 11.5 Å². The number of β-amino-alcohol motifs (C(OH)–C–C–N with tert-alkyl or cyclic N) is 1. The number of hydrogen-bond donors (Lipinski definition) is 1. The molecule has 1 unspecified atom stereocenters. The van der Waals surface area contributed by atoms with Crippen molar-refractivity contribution in [2.75, 3.05) is 40.4 Å². The normalized spacial score (nSPS) is 17.1. The summed E-state index contributed by atoms with van der Waals surface area (Å²) in [6.07, 6.45) is -0.130. The van der Waals surface area contributed by atoms with Crippen molar-refractivity contribution in [1.82, 2.24) is 9.80 Å². The number of nitrogens with zero attached hydrogens (tertiary/aromatic N) is 2. The van der Waals surface area contributed by atoms with Crippen LogP contribution in [0.3, 0.4) is 0 Å². The number of ether oxygens (including phenoxy) is 2. The maximum Gasteiger partial charge on any atom is 0.258 e. The standard InChI is InChI=1S/C22H26N2O5/c1-28-19-10-6-9-18(21(19)29-2)22(27)24-14-17(25)13-23(20(26)15-24)12-11-16-7-4-3-5-8-16/h3-10,17,25H,11-15H2,1-2H3. The molecule has 154 valence electrons. The van der Waals surface area contributed by atoms with Crippen molar-refractivity contribution in [2.24, 2.45) is 0 Å². The van der Waals surface area contributed by atoms with Gasteiger partial charge in [-0.1, -0.05) is 36.4 Å². The molecular weight excluding hydrogens is 372 g/mol. The number of carbonyl (C=O) groups excluding carboxylic acids is 2. The third-order valence-electron chi connectivity index (χ3n) is 4.97. The lowest BCUT2D eigenvalue weighted by Gasteiger charge is -2.22. The van der Waals surface area contributed by atoms with Gasteiger partial charge in [-0.3, -0.25) is 9.59 Å². The highest BCUT2D eigenvalue weighted by Gasteiger charge is 2.31. The van der Waals surface area contributed by atoms with Gasteiger partial charge in [-0.15, -0.1) is 0 Å². The van der Waals surface area contributed by atoms with Gasteiger partial charge in [0.15, 0.2) is 11.5 Å². The van der Waals surface area contributed by atoms with Crippen LogP contribution in [-0.2, 0) is 11.2 Å². The second kappa shape index (κ2) is 9.43. The third-order valence-corrected chi connectivity index (χ3v) is 4.97. The molecule has 1 aliphatic rings. The number of methoxy groups -OCH3 is 2. The lowest BCUT2D eigenvalue weighted by molar-refractivity contribution is -0.131. The molecule has 29 heavy (non-hydrogen) atoms. The van der Waals surface area contributed by atoms with E-state index in [1.165, 1.54) is 19.1 Å². The summed E-state index contributed by atoms with van der Waals surface area (Å²) in [6, 6.07) is 14.9. The Balaban J connectivity index is 1.74. The van der Waals surface area contributed by atoms with E-state index in [0.717, 1.165) is 5.56 Å². The zero-order valence-corrected chi connectivity index (χ0v) is 16.7. The van der Waals surface area contributed by atoms with E-state index in [9.17, 15) is 14.7 Å². The van der Waals surface area contributed by atoms with Crippen molar-refractivity contribution in [2.45, 2.75) is 12.5 Å². The minimum absolute atomic E-state index is 0.0762. The first-order chi connectivity index (χ1) is 14.0. The molecule has 1 heterocycles. The molecule has 0 aromatic heterocycles. The van der Waals surface area contributed by atoms with Crippen LogP contribution in [-0.4, -0.2) is 73.2 Å². The minimum Gasteiger partial charge on any atom is -0.493 e. The molecule has 7 nitrogen and oxygen atoms in total. The number of amides is 2. The van der Waals surface area contributed by atoms with E-state index in [1.807, 2.05) is 30.3 Å². The van der Waals surface area contributed by atoms with Gasteiger partial charge in [-0.25, -0.2) is 0 Å². The Hall–Kier alpha value is -3.06. The van der Waals surface area contributed by atoms with Gasteiger partial charge in [-0.05, 0) is 24.1 Å². The first kappa shape index (κ1) is 20.7. The van der Waals surface area contributed by atoms with Crippen molar-refractivity contribution >= 4 is 11.8 Å². The first-order valence-electron chi connectivity index (χ1n) is 9.53. The highest BCUT2D eigenvalue weighted by Crippen LogP contribution is 2.31. The van der Waals surface area contributed by atoms with Crippen molar-refractivity contribution in [3.63, 3.8) is 0 Å². The van der Waals surface area contributed by atoms with Crippen molar-refractivity contribution in [3.05, 3.63) is 59.7 Å². The van der Waals surface area contributed by atoms with Crippen LogP contribution in [0.15, 0.2) is 48.5 Å². The van der Waals surface area contributed by atoms with Crippen LogP contribution in [0.2, 0.25) is 0 Å². The van der Waals surface area contributed by atoms with Gasteiger partial charge in [0.2, 0.25) is 5.91 Å². The molecule has 1 saturated heterocycles. The zero-order chi connectivity index (χ0) is 20.8. The molecule has 7 heteroatoms. The number of para-hydroxylation sites is 1. The second-order valence-electron chi connectivity index (χ2n) is 6.96. The van der Waals surface area contributed by atoms with Gasteiger partial charge in [0.25, 0.3) is 5.91 Å². The van der Waals surface area contributed by atoms with E-state index < -0.39 is 6.10 Å². The summed E-state index contributed by atoms with van der Waals surface area (Å²) in [5.74, 6) is 0.183. The number of aliphatic hydroxyl groups is 1. The van der Waals surface area contributed by atoms with E-state index in [2.05, 4.69) is 0 Å². The topological polar surface area (TPSA) is 79.3 Å². The fraction of sp³-hybridized carbons (Fsp3) is 0.364. The first-order valence-corrected chi connectivity index (χ1v) is 9.53. The molecule has 1 fully saturated rings. The molecule has 2 amide bonds. The second-order valence-corrected chi connectivity index (χ2v) is 6.96. The largest absolute Gasteiger partial charge is 0.493 e. The van der Waals surface area contributed by atoms with Gasteiger partial charge in [0, 0.05) is 19.6 Å². The van der Waals surface area contributed by atoms with Crippen LogP contribution >= 0.6 is 0 Å². The Morgan fingerprint density at radius 2 is 1.83 bits per heavy atom. The summed E-state index contributed by atoms with van der Waals surface area (Å²) < 4.78 is 10.6. The lowest BCUT2D eigenvalue weighted by Crippen LogP contribution is -2.40. The molecule has 3 rings (SSSR count). The molecule has 0 spiro atoms. The van der Waals surface area contributed by atoms with Crippen LogP contribution in [0.4, 0.5) is 0 Å². The molecule has 0 bridgehead atoms. The van der Waals surface area contributed by atoms with E-state index in [0.29, 0.717) is 30.0 Å². The van der Waals surface area contributed by atoms with Crippen molar-refractivity contribution in [3.8, 4) is 11.5 Å². The molecule has 0 radical (unpaired) electrons. The summed E-state index contributed by atoms with van der Waals surface area (Å²) in [6.45, 7) is 0.674. The molecule has 1 N–H and O–H groups in total. The maximum atomic E-state index is 13.1. The van der Waals surface area contributed by atoms with Crippen LogP contribution < -0.4 is 9.47 Å². The maximum absolute atomic E-state index is 13.1. The monoisotopic (exact) mass is 398 g/mol. The smallest absolute Gasteiger partial charge is 0.258 e. The predicted octanol–water partition coefficient (Wildman–Crippen LogP) is 1.59. The van der Waals surface area contributed by atoms with Gasteiger partial charge < -0.3 is 24.4 Å². The zero-order valence-electron chi connectivity index (χ0n) is 16.7. The molecule has 0 saturated carbocycles. The fourth-order valence-corrected chi connectivity index (χ4v) is 3.50. The van der Waals surface area contributed by atoms with E-state index in [1.54, 1.807) is 23.1 Å². The number of aliphatic hydroxyl groups excluding tert-OH is 1. The molecule has 1 aliphatic heterocycles. The predicted molar refractivity (Wildman–Crippen MR) is 108 cm³/mol. The average Bonchev–Trinajstić information content (AvgIpc) is 2.89. The highest BCUT2D eigenvalue weighted by atomic mass is 16.5. The molecular formula is C22H26N2O5. The Morgan fingerprint density at radius 1 is 1.07 bits per heavy atom. The lowest BCUT2D eigenvalue weighted by atomic mass is 10.1. The number of benzene rings is 2. The summed E-state index contributed by atoms with van der Waals surface area (Å²) in [4.78, 5) is 28.8. The van der Waals surface area contributed by atoms with E-state index in [-0.39, 0.29) is 31.4 Å².